The number of anilines is 1. The summed E-state index contributed by atoms with van der Waals surface area (Å²) in [5.41, 5.74) is 5.22. The van der Waals surface area contributed by atoms with Crippen LogP contribution in [0.15, 0.2) is 18.2 Å². The van der Waals surface area contributed by atoms with Crippen LogP contribution in [0.4, 0.5) is 5.00 Å². The number of carbonyl (C=O) groups is 1. The topological polar surface area (TPSA) is 52.9 Å². The van der Waals surface area contributed by atoms with Crippen LogP contribution in [0.5, 0.6) is 0 Å². The molecule has 0 aliphatic heterocycles. The van der Waals surface area contributed by atoms with Crippen molar-refractivity contribution in [3.05, 3.63) is 50.9 Å². The molecule has 25 heavy (non-hydrogen) atoms. The van der Waals surface area contributed by atoms with Crippen molar-refractivity contribution in [1.29, 1.82) is 5.26 Å². The van der Waals surface area contributed by atoms with Crippen molar-refractivity contribution in [3.63, 3.8) is 0 Å². The molecule has 1 heterocycles. The van der Waals surface area contributed by atoms with Crippen molar-refractivity contribution in [2.45, 2.75) is 51.9 Å². The molecule has 2 aromatic rings. The summed E-state index contributed by atoms with van der Waals surface area (Å²) in [6.45, 7) is 2.25. The molecule has 0 saturated carbocycles. The number of fused-ring (bicyclic) bond motifs is 2. The van der Waals surface area contributed by atoms with E-state index in [1.54, 1.807) is 11.3 Å². The van der Waals surface area contributed by atoms with E-state index < -0.39 is 0 Å². The van der Waals surface area contributed by atoms with Crippen LogP contribution in [0.1, 0.15) is 63.7 Å². The second-order valence-electron chi connectivity index (χ2n) is 7.31. The Hall–Kier alpha value is -2.12. The average Bonchev–Trinajstić information content (AvgIpc) is 2.97. The van der Waals surface area contributed by atoms with Crippen molar-refractivity contribution < 1.29 is 4.79 Å². The second kappa shape index (κ2) is 6.65. The molecule has 4 heteroatoms. The highest BCUT2D eigenvalue weighted by Gasteiger charge is 2.25. The minimum atomic E-state index is -0.100. The molecular formula is C21H22N2OS. The molecule has 128 valence electrons. The van der Waals surface area contributed by atoms with Crippen LogP contribution >= 0.6 is 11.3 Å². The van der Waals surface area contributed by atoms with Crippen LogP contribution in [0.2, 0.25) is 0 Å². The van der Waals surface area contributed by atoms with Crippen LogP contribution in [0, 0.1) is 17.2 Å². The molecule has 1 aromatic carbocycles. The molecular weight excluding hydrogens is 328 g/mol. The number of carbonyl (C=O) groups excluding carboxylic acids is 1. The summed E-state index contributed by atoms with van der Waals surface area (Å²) in [7, 11) is 0. The minimum absolute atomic E-state index is 0.100. The maximum Gasteiger partial charge on any atom is 0.256 e. The van der Waals surface area contributed by atoms with Gasteiger partial charge in [-0.1, -0.05) is 13.0 Å². The van der Waals surface area contributed by atoms with Gasteiger partial charge in [0.15, 0.2) is 0 Å². The van der Waals surface area contributed by atoms with Gasteiger partial charge < -0.3 is 5.32 Å². The summed E-state index contributed by atoms with van der Waals surface area (Å²) in [6.07, 6.45) is 7.71. The van der Waals surface area contributed by atoms with Gasteiger partial charge in [0.1, 0.15) is 11.1 Å². The van der Waals surface area contributed by atoms with Gasteiger partial charge in [-0.3, -0.25) is 4.79 Å². The number of benzene rings is 1. The predicted molar refractivity (Wildman–Crippen MR) is 101 cm³/mol. The molecule has 0 spiro atoms. The number of thiophene rings is 1. The standard InChI is InChI=1S/C21H22N2OS/c1-13-6-9-17-18(12-22)21(25-19(17)10-13)23-20(24)16-8-7-14-4-2-3-5-15(14)11-16/h7-8,11,13H,2-6,9-10H2,1H3,(H,23,24). The maximum atomic E-state index is 12.7. The molecule has 0 saturated heterocycles. The van der Waals surface area contributed by atoms with E-state index in [0.717, 1.165) is 42.7 Å². The smallest absolute Gasteiger partial charge is 0.256 e. The number of hydrogen-bond donors (Lipinski definition) is 1. The van der Waals surface area contributed by atoms with E-state index in [-0.39, 0.29) is 5.91 Å². The quantitative estimate of drug-likeness (QED) is 0.839. The van der Waals surface area contributed by atoms with Crippen LogP contribution < -0.4 is 5.32 Å². The van der Waals surface area contributed by atoms with Crippen molar-refractivity contribution in [3.8, 4) is 6.07 Å². The van der Waals surface area contributed by atoms with E-state index in [2.05, 4.69) is 24.4 Å². The highest BCUT2D eigenvalue weighted by molar-refractivity contribution is 7.16. The number of rotatable bonds is 2. The fourth-order valence-corrected chi connectivity index (χ4v) is 5.36. The fraction of sp³-hybridized carbons (Fsp3) is 0.429. The predicted octanol–water partition coefficient (Wildman–Crippen LogP) is 4.88. The summed E-state index contributed by atoms with van der Waals surface area (Å²) in [5.74, 6) is 0.554. The summed E-state index contributed by atoms with van der Waals surface area (Å²) in [4.78, 5) is 14.0. The first-order valence-electron chi connectivity index (χ1n) is 9.13. The third kappa shape index (κ3) is 3.09. The van der Waals surface area contributed by atoms with Crippen molar-refractivity contribution in [2.24, 2.45) is 5.92 Å². The Balaban J connectivity index is 1.60. The number of aryl methyl sites for hydroxylation is 2. The lowest BCUT2D eigenvalue weighted by molar-refractivity contribution is 0.102. The summed E-state index contributed by atoms with van der Waals surface area (Å²) >= 11 is 1.59. The molecule has 3 nitrogen and oxygen atoms in total. The molecule has 2 aliphatic carbocycles. The SMILES string of the molecule is CC1CCc2c(sc(NC(=O)c3ccc4c(c3)CCCC4)c2C#N)C1. The third-order valence-corrected chi connectivity index (χ3v) is 6.63. The number of nitrogens with zero attached hydrogens (tertiary/aromatic N) is 1. The molecule has 0 radical (unpaired) electrons. The first kappa shape index (κ1) is 16.4. The fourth-order valence-electron chi connectivity index (χ4n) is 4.01. The highest BCUT2D eigenvalue weighted by atomic mass is 32.1. The zero-order chi connectivity index (χ0) is 17.4. The molecule has 0 bridgehead atoms. The van der Waals surface area contributed by atoms with Gasteiger partial charge in [-0.2, -0.15) is 5.26 Å². The minimum Gasteiger partial charge on any atom is -0.312 e. The van der Waals surface area contributed by atoms with Crippen molar-refractivity contribution in [2.75, 3.05) is 5.32 Å². The first-order chi connectivity index (χ1) is 12.2. The van der Waals surface area contributed by atoms with Gasteiger partial charge in [0, 0.05) is 10.4 Å². The van der Waals surface area contributed by atoms with Gasteiger partial charge in [-0.15, -0.1) is 11.3 Å². The van der Waals surface area contributed by atoms with E-state index in [1.165, 1.54) is 28.8 Å². The lowest BCUT2D eigenvalue weighted by Crippen LogP contribution is -2.13. The van der Waals surface area contributed by atoms with Gasteiger partial charge >= 0.3 is 0 Å². The van der Waals surface area contributed by atoms with E-state index in [0.29, 0.717) is 17.0 Å². The van der Waals surface area contributed by atoms with Crippen LogP contribution in [0.25, 0.3) is 0 Å². The molecule has 1 amide bonds. The molecule has 0 fully saturated rings. The number of nitrogens with one attached hydrogen (secondary N) is 1. The second-order valence-corrected chi connectivity index (χ2v) is 8.42. The Morgan fingerprint density at radius 2 is 2.04 bits per heavy atom. The summed E-state index contributed by atoms with van der Waals surface area (Å²) < 4.78 is 0. The molecule has 1 N–H and O–H groups in total. The Bertz CT molecular complexity index is 875. The number of hydrogen-bond acceptors (Lipinski definition) is 3. The first-order valence-corrected chi connectivity index (χ1v) is 9.95. The van der Waals surface area contributed by atoms with Gasteiger partial charge in [0.25, 0.3) is 5.91 Å². The molecule has 1 aromatic heterocycles. The number of amides is 1. The van der Waals surface area contributed by atoms with Crippen LogP contribution in [-0.2, 0) is 25.7 Å². The van der Waals surface area contributed by atoms with Gasteiger partial charge in [-0.05, 0) is 79.7 Å². The monoisotopic (exact) mass is 350 g/mol. The van der Waals surface area contributed by atoms with Gasteiger partial charge in [0.2, 0.25) is 0 Å². The van der Waals surface area contributed by atoms with E-state index in [9.17, 15) is 10.1 Å². The summed E-state index contributed by atoms with van der Waals surface area (Å²) in [6, 6.07) is 8.36. The third-order valence-electron chi connectivity index (χ3n) is 5.46. The number of nitriles is 1. The normalized spacial score (nSPS) is 18.8. The molecule has 1 atom stereocenters. The Kier molecular flexibility index (Phi) is 4.35. The Morgan fingerprint density at radius 3 is 2.84 bits per heavy atom. The largest absolute Gasteiger partial charge is 0.312 e. The zero-order valence-corrected chi connectivity index (χ0v) is 15.3. The Morgan fingerprint density at radius 1 is 1.24 bits per heavy atom. The van der Waals surface area contributed by atoms with Crippen LogP contribution in [-0.4, -0.2) is 5.91 Å². The van der Waals surface area contributed by atoms with Crippen molar-refractivity contribution in [1.82, 2.24) is 0 Å². The van der Waals surface area contributed by atoms with E-state index >= 15 is 0 Å². The maximum absolute atomic E-state index is 12.7. The molecule has 2 aliphatic rings. The van der Waals surface area contributed by atoms with E-state index in [4.69, 9.17) is 0 Å². The molecule has 4 rings (SSSR count). The Labute approximate surface area is 152 Å². The highest BCUT2D eigenvalue weighted by Crippen LogP contribution is 2.39. The van der Waals surface area contributed by atoms with E-state index in [1.807, 2.05) is 12.1 Å². The average molecular weight is 350 g/mol. The van der Waals surface area contributed by atoms with Crippen LogP contribution in [0.3, 0.4) is 0 Å². The molecule has 1 unspecified atom stereocenters. The lowest BCUT2D eigenvalue weighted by Gasteiger charge is -2.17. The zero-order valence-electron chi connectivity index (χ0n) is 14.5. The lowest BCUT2D eigenvalue weighted by atomic mass is 9.88. The summed E-state index contributed by atoms with van der Waals surface area (Å²) in [5, 5.41) is 13.3. The van der Waals surface area contributed by atoms with Gasteiger partial charge in [0.05, 0.1) is 5.56 Å². The van der Waals surface area contributed by atoms with Crippen molar-refractivity contribution >= 4 is 22.2 Å². The van der Waals surface area contributed by atoms with Gasteiger partial charge in [-0.25, -0.2) is 0 Å².